The molecule has 2 N–H and O–H groups in total. The van der Waals surface area contributed by atoms with E-state index >= 15 is 0 Å². The smallest absolute Gasteiger partial charge is 0.269 e. The second kappa shape index (κ2) is 4.35. The van der Waals surface area contributed by atoms with Crippen LogP contribution in [0.25, 0.3) is 11.0 Å². The minimum Gasteiger partial charge on any atom is -0.397 e. The van der Waals surface area contributed by atoms with Gasteiger partial charge in [-0.3, -0.25) is 0 Å². The zero-order valence-corrected chi connectivity index (χ0v) is 11.6. The number of hydrogen-bond acceptors (Lipinski definition) is 4. The zero-order valence-electron chi connectivity index (χ0n) is 10.8. The number of fused-ring (bicyclic) bond motifs is 1. The number of benzene rings is 1. The Bertz CT molecular complexity index is 883. The molecule has 0 saturated carbocycles. The number of hydrogen-bond donors (Lipinski definition) is 1. The maximum atomic E-state index is 12.6. The summed E-state index contributed by atoms with van der Waals surface area (Å²) in [6, 6.07) is 10.0. The number of anilines is 1. The Labute approximate surface area is 116 Å². The summed E-state index contributed by atoms with van der Waals surface area (Å²) in [6.07, 6.45) is 3.03. The summed E-state index contributed by atoms with van der Waals surface area (Å²) in [5, 5.41) is 0.740. The molecule has 0 radical (unpaired) electrons. The lowest BCUT2D eigenvalue weighted by molar-refractivity contribution is 0.588. The van der Waals surface area contributed by atoms with Gasteiger partial charge in [0.2, 0.25) is 0 Å². The summed E-state index contributed by atoms with van der Waals surface area (Å²) in [5.74, 6) is 0. The van der Waals surface area contributed by atoms with Gasteiger partial charge >= 0.3 is 0 Å². The van der Waals surface area contributed by atoms with Crippen molar-refractivity contribution < 1.29 is 8.42 Å². The first-order valence-corrected chi connectivity index (χ1v) is 7.48. The third kappa shape index (κ3) is 1.85. The van der Waals surface area contributed by atoms with Crippen molar-refractivity contribution in [3.63, 3.8) is 0 Å². The van der Waals surface area contributed by atoms with Crippen LogP contribution in [-0.2, 0) is 10.0 Å². The lowest BCUT2D eigenvalue weighted by Gasteiger charge is -2.06. The molecular formula is C14H13N3O2S. The molecule has 0 aliphatic heterocycles. The van der Waals surface area contributed by atoms with Crippen molar-refractivity contribution in [2.24, 2.45) is 0 Å². The first-order chi connectivity index (χ1) is 9.50. The van der Waals surface area contributed by atoms with Crippen molar-refractivity contribution in [3.8, 4) is 0 Å². The number of aromatic nitrogens is 2. The van der Waals surface area contributed by atoms with Crippen LogP contribution in [0.2, 0.25) is 0 Å². The number of pyridine rings is 1. The predicted molar refractivity (Wildman–Crippen MR) is 77.9 cm³/mol. The lowest BCUT2D eigenvalue weighted by atomic mass is 10.2. The topological polar surface area (TPSA) is 78.0 Å². The van der Waals surface area contributed by atoms with Gasteiger partial charge in [-0.05, 0) is 30.7 Å². The number of nitrogens with two attached hydrogens (primary N) is 1. The standard InChI is InChI=1S/C14H13N3O2S/c1-10-9-17(14-13(10)7-11(15)8-16-14)20(18,19)12-5-3-2-4-6-12/h2-9H,15H2,1H3. The third-order valence-corrected chi connectivity index (χ3v) is 4.80. The molecule has 0 atom stereocenters. The van der Waals surface area contributed by atoms with E-state index in [4.69, 9.17) is 5.73 Å². The van der Waals surface area contributed by atoms with Crippen LogP contribution in [0, 0.1) is 6.92 Å². The van der Waals surface area contributed by atoms with Gasteiger partial charge in [0.15, 0.2) is 5.65 Å². The van der Waals surface area contributed by atoms with Gasteiger partial charge in [-0.25, -0.2) is 17.4 Å². The first-order valence-electron chi connectivity index (χ1n) is 6.04. The molecule has 0 spiro atoms. The van der Waals surface area contributed by atoms with Gasteiger partial charge < -0.3 is 5.73 Å². The summed E-state index contributed by atoms with van der Waals surface area (Å²) in [7, 11) is -3.64. The minimum atomic E-state index is -3.64. The quantitative estimate of drug-likeness (QED) is 0.783. The van der Waals surface area contributed by atoms with Crippen molar-refractivity contribution in [3.05, 3.63) is 54.4 Å². The number of nitrogens with zero attached hydrogens (tertiary/aromatic N) is 2. The fourth-order valence-electron chi connectivity index (χ4n) is 2.14. The molecule has 0 unspecified atom stereocenters. The molecule has 5 nitrogen and oxygen atoms in total. The maximum absolute atomic E-state index is 12.6. The van der Waals surface area contributed by atoms with E-state index in [1.54, 1.807) is 42.6 Å². The molecule has 3 aromatic rings. The van der Waals surface area contributed by atoms with Gasteiger partial charge in [-0.2, -0.15) is 0 Å². The van der Waals surface area contributed by atoms with Gasteiger partial charge in [0.25, 0.3) is 10.0 Å². The molecular weight excluding hydrogens is 274 g/mol. The van der Waals surface area contributed by atoms with Crippen LogP contribution in [0.15, 0.2) is 53.7 Å². The van der Waals surface area contributed by atoms with Gasteiger partial charge in [0, 0.05) is 11.6 Å². The molecule has 0 aliphatic rings. The Balaban J connectivity index is 2.31. The average Bonchev–Trinajstić information content (AvgIpc) is 2.77. The average molecular weight is 287 g/mol. The van der Waals surface area contributed by atoms with Crippen LogP contribution in [0.3, 0.4) is 0 Å². The second-order valence-corrected chi connectivity index (χ2v) is 6.38. The van der Waals surface area contributed by atoms with Crippen LogP contribution in [0.4, 0.5) is 5.69 Å². The van der Waals surface area contributed by atoms with E-state index in [0.29, 0.717) is 11.3 Å². The largest absolute Gasteiger partial charge is 0.397 e. The molecule has 0 amide bonds. The monoisotopic (exact) mass is 287 g/mol. The highest BCUT2D eigenvalue weighted by molar-refractivity contribution is 7.90. The van der Waals surface area contributed by atoms with Gasteiger partial charge in [0.1, 0.15) is 0 Å². The molecule has 2 heterocycles. The van der Waals surface area contributed by atoms with Crippen molar-refractivity contribution in [1.82, 2.24) is 8.96 Å². The second-order valence-electron chi connectivity index (χ2n) is 4.57. The zero-order chi connectivity index (χ0) is 14.3. The van der Waals surface area contributed by atoms with Crippen molar-refractivity contribution in [2.75, 3.05) is 5.73 Å². The van der Waals surface area contributed by atoms with Crippen molar-refractivity contribution >= 4 is 26.7 Å². The first kappa shape index (κ1) is 12.7. The highest BCUT2D eigenvalue weighted by Crippen LogP contribution is 2.25. The molecule has 0 saturated heterocycles. The van der Waals surface area contributed by atoms with Gasteiger partial charge in [0.05, 0.1) is 16.8 Å². The Morgan fingerprint density at radius 1 is 1.20 bits per heavy atom. The Morgan fingerprint density at radius 3 is 2.60 bits per heavy atom. The molecule has 6 heteroatoms. The van der Waals surface area contributed by atoms with E-state index in [1.807, 2.05) is 6.92 Å². The van der Waals surface area contributed by atoms with E-state index in [-0.39, 0.29) is 4.90 Å². The highest BCUT2D eigenvalue weighted by atomic mass is 32.2. The summed E-state index contributed by atoms with van der Waals surface area (Å²) in [6.45, 7) is 1.83. The van der Waals surface area contributed by atoms with E-state index < -0.39 is 10.0 Å². The van der Waals surface area contributed by atoms with Crippen LogP contribution < -0.4 is 5.73 Å². The van der Waals surface area contributed by atoms with E-state index in [0.717, 1.165) is 10.9 Å². The van der Waals surface area contributed by atoms with E-state index in [2.05, 4.69) is 4.98 Å². The van der Waals surface area contributed by atoms with Crippen molar-refractivity contribution in [2.45, 2.75) is 11.8 Å². The highest BCUT2D eigenvalue weighted by Gasteiger charge is 2.20. The van der Waals surface area contributed by atoms with Crippen LogP contribution in [-0.4, -0.2) is 17.4 Å². The van der Waals surface area contributed by atoms with Gasteiger partial charge in [-0.15, -0.1) is 0 Å². The van der Waals surface area contributed by atoms with E-state index in [1.165, 1.54) is 10.2 Å². The third-order valence-electron chi connectivity index (χ3n) is 3.13. The van der Waals surface area contributed by atoms with Crippen LogP contribution in [0.1, 0.15) is 5.56 Å². The molecule has 0 bridgehead atoms. The normalized spacial score (nSPS) is 11.8. The molecule has 0 fully saturated rings. The van der Waals surface area contributed by atoms with Crippen LogP contribution >= 0.6 is 0 Å². The SMILES string of the molecule is Cc1cn(S(=O)(=O)c2ccccc2)c2ncc(N)cc12. The Morgan fingerprint density at radius 2 is 1.90 bits per heavy atom. The molecule has 102 valence electrons. The molecule has 20 heavy (non-hydrogen) atoms. The molecule has 1 aromatic carbocycles. The fourth-order valence-corrected chi connectivity index (χ4v) is 3.53. The predicted octanol–water partition coefficient (Wildman–Crippen LogP) is 2.16. The summed E-state index contributed by atoms with van der Waals surface area (Å²) < 4.78 is 26.5. The Hall–Kier alpha value is -2.34. The van der Waals surface area contributed by atoms with Gasteiger partial charge in [-0.1, -0.05) is 18.2 Å². The minimum absolute atomic E-state index is 0.232. The number of aryl methyl sites for hydroxylation is 1. The number of rotatable bonds is 2. The summed E-state index contributed by atoms with van der Waals surface area (Å²) >= 11 is 0. The number of nitrogen functional groups attached to an aromatic ring is 1. The summed E-state index contributed by atoms with van der Waals surface area (Å²) in [4.78, 5) is 4.38. The summed E-state index contributed by atoms with van der Waals surface area (Å²) in [5.41, 5.74) is 7.42. The lowest BCUT2D eigenvalue weighted by Crippen LogP contribution is -2.12. The maximum Gasteiger partial charge on any atom is 0.269 e. The molecule has 0 aliphatic carbocycles. The van der Waals surface area contributed by atoms with E-state index in [9.17, 15) is 8.42 Å². The van der Waals surface area contributed by atoms with Crippen molar-refractivity contribution in [1.29, 1.82) is 0 Å². The fraction of sp³-hybridized carbons (Fsp3) is 0.0714. The molecule has 2 aromatic heterocycles. The Kier molecular flexibility index (Phi) is 2.76. The molecule has 3 rings (SSSR count). The van der Waals surface area contributed by atoms with Crippen LogP contribution in [0.5, 0.6) is 0 Å².